The van der Waals surface area contributed by atoms with Crippen molar-refractivity contribution in [3.63, 3.8) is 0 Å². The smallest absolute Gasteiger partial charge is 0.326 e. The van der Waals surface area contributed by atoms with Crippen molar-refractivity contribution in [1.82, 2.24) is 10.2 Å². The molecule has 0 radical (unpaired) electrons. The number of ether oxygens (including phenoxy) is 3. The Morgan fingerprint density at radius 1 is 1.30 bits per heavy atom. The lowest BCUT2D eigenvalue weighted by atomic mass is 9.98. The Kier molecular flexibility index (Phi) is 4.69. The molecule has 2 fully saturated rings. The first-order valence-electron chi connectivity index (χ1n) is 8.80. The number of esters is 1. The van der Waals surface area contributed by atoms with Crippen LogP contribution in [0.25, 0.3) is 0 Å². The molecule has 8 nitrogen and oxygen atoms in total. The molecule has 1 aliphatic carbocycles. The van der Waals surface area contributed by atoms with Crippen LogP contribution < -0.4 is 10.1 Å². The molecule has 27 heavy (non-hydrogen) atoms. The van der Waals surface area contributed by atoms with Gasteiger partial charge in [0.1, 0.15) is 24.4 Å². The minimum atomic E-state index is -0.836. The fourth-order valence-corrected chi connectivity index (χ4v) is 4.10. The maximum atomic E-state index is 12.6. The van der Waals surface area contributed by atoms with E-state index in [1.165, 1.54) is 0 Å². The highest BCUT2D eigenvalue weighted by Gasteiger charge is 2.52. The Morgan fingerprint density at radius 3 is 2.85 bits per heavy atom. The maximum absolute atomic E-state index is 12.6. The fourth-order valence-electron chi connectivity index (χ4n) is 3.83. The summed E-state index contributed by atoms with van der Waals surface area (Å²) in [6, 6.07) is 2.84. The molecule has 1 aromatic rings. The van der Waals surface area contributed by atoms with Crippen LogP contribution in [-0.4, -0.2) is 41.7 Å². The van der Waals surface area contributed by atoms with Gasteiger partial charge >= 0.3 is 12.0 Å². The highest BCUT2D eigenvalue weighted by molar-refractivity contribution is 6.30. The van der Waals surface area contributed by atoms with E-state index in [2.05, 4.69) is 5.32 Å². The topological polar surface area (TPSA) is 94.2 Å². The molecule has 4 rings (SSSR count). The molecule has 3 aliphatic rings. The molecule has 0 aromatic heterocycles. The van der Waals surface area contributed by atoms with E-state index in [1.807, 2.05) is 0 Å². The van der Waals surface area contributed by atoms with Crippen molar-refractivity contribution in [1.29, 1.82) is 0 Å². The third-order valence-electron chi connectivity index (χ3n) is 5.13. The molecule has 144 valence electrons. The van der Waals surface area contributed by atoms with Crippen LogP contribution in [0.1, 0.15) is 36.8 Å². The minimum Gasteiger partial charge on any atom is -0.467 e. The lowest BCUT2D eigenvalue weighted by molar-refractivity contribution is -0.148. The predicted octanol–water partition coefficient (Wildman–Crippen LogP) is 2.11. The first-order valence-corrected chi connectivity index (χ1v) is 9.18. The number of fused-ring (bicyclic) bond motifs is 1. The van der Waals surface area contributed by atoms with E-state index < -0.39 is 24.1 Å². The number of nitrogens with zero attached hydrogens (tertiary/aromatic N) is 1. The average Bonchev–Trinajstić information content (AvgIpc) is 3.20. The molecule has 2 heterocycles. The van der Waals surface area contributed by atoms with E-state index in [-0.39, 0.29) is 19.3 Å². The van der Waals surface area contributed by atoms with Gasteiger partial charge < -0.3 is 19.5 Å². The molecule has 0 atom stereocenters. The maximum Gasteiger partial charge on any atom is 0.326 e. The Morgan fingerprint density at radius 2 is 2.07 bits per heavy atom. The normalized spacial score (nSPS) is 20.4. The van der Waals surface area contributed by atoms with Gasteiger partial charge in [0.05, 0.1) is 6.61 Å². The van der Waals surface area contributed by atoms with Gasteiger partial charge in [-0.2, -0.15) is 0 Å². The molecular formula is C18H19ClN2O6. The lowest BCUT2D eigenvalue weighted by Gasteiger charge is -2.21. The molecule has 1 saturated carbocycles. The number of benzene rings is 1. The van der Waals surface area contributed by atoms with Crippen molar-refractivity contribution in [2.75, 3.05) is 13.3 Å². The predicted molar refractivity (Wildman–Crippen MR) is 93.0 cm³/mol. The SMILES string of the molecule is O=C(CN1C(=O)NC2(CCCC2)C1=O)OCc1cc(Cl)cc2c1OCOC2. The van der Waals surface area contributed by atoms with E-state index in [0.717, 1.165) is 23.3 Å². The first kappa shape index (κ1) is 18.1. The van der Waals surface area contributed by atoms with Gasteiger partial charge in [0.25, 0.3) is 5.91 Å². The van der Waals surface area contributed by atoms with Gasteiger partial charge in [-0.05, 0) is 25.0 Å². The fraction of sp³-hybridized carbons (Fsp3) is 0.500. The molecule has 1 N–H and O–H groups in total. The second-order valence-electron chi connectivity index (χ2n) is 6.94. The Bertz CT molecular complexity index is 805. The number of nitrogens with one attached hydrogen (secondary N) is 1. The highest BCUT2D eigenvalue weighted by atomic mass is 35.5. The summed E-state index contributed by atoms with van der Waals surface area (Å²) in [7, 11) is 0. The van der Waals surface area contributed by atoms with Gasteiger partial charge in [-0.3, -0.25) is 14.5 Å². The highest BCUT2D eigenvalue weighted by Crippen LogP contribution is 2.35. The van der Waals surface area contributed by atoms with E-state index >= 15 is 0 Å². The Labute approximate surface area is 160 Å². The third-order valence-corrected chi connectivity index (χ3v) is 5.35. The summed E-state index contributed by atoms with van der Waals surface area (Å²) in [5.74, 6) is -0.435. The molecule has 2 aliphatic heterocycles. The summed E-state index contributed by atoms with van der Waals surface area (Å²) < 4.78 is 16.0. The molecule has 1 spiro atoms. The van der Waals surface area contributed by atoms with Crippen LogP contribution in [0.3, 0.4) is 0 Å². The number of carbonyl (C=O) groups excluding carboxylic acids is 3. The zero-order valence-electron chi connectivity index (χ0n) is 14.6. The van der Waals surface area contributed by atoms with Crippen LogP contribution >= 0.6 is 11.6 Å². The summed E-state index contributed by atoms with van der Waals surface area (Å²) in [5.41, 5.74) is 0.549. The summed E-state index contributed by atoms with van der Waals surface area (Å²) in [6.07, 6.45) is 2.98. The number of hydrogen-bond acceptors (Lipinski definition) is 6. The molecule has 9 heteroatoms. The van der Waals surface area contributed by atoms with Crippen LogP contribution in [0.5, 0.6) is 5.75 Å². The number of carbonyl (C=O) groups is 3. The molecule has 3 amide bonds. The first-order chi connectivity index (χ1) is 13.0. The number of halogens is 1. The van der Waals surface area contributed by atoms with Gasteiger partial charge in [0.2, 0.25) is 0 Å². The average molecular weight is 395 g/mol. The lowest BCUT2D eigenvalue weighted by Crippen LogP contribution is -2.44. The van der Waals surface area contributed by atoms with E-state index in [4.69, 9.17) is 25.8 Å². The Hall–Kier alpha value is -2.32. The van der Waals surface area contributed by atoms with Gasteiger partial charge in [0.15, 0.2) is 6.79 Å². The summed E-state index contributed by atoms with van der Waals surface area (Å²) >= 11 is 6.08. The standard InChI is InChI=1S/C18H19ClN2O6/c19-13-5-11-8-25-10-27-15(11)12(6-13)9-26-14(22)7-21-16(23)18(20-17(21)24)3-1-2-4-18/h5-6H,1-4,7-10H2,(H,20,24). The number of urea groups is 1. The quantitative estimate of drug-likeness (QED) is 0.621. The zero-order chi connectivity index (χ0) is 19.0. The van der Waals surface area contributed by atoms with Gasteiger partial charge in [-0.25, -0.2) is 4.79 Å². The van der Waals surface area contributed by atoms with Crippen LogP contribution in [0.15, 0.2) is 12.1 Å². The van der Waals surface area contributed by atoms with Crippen LogP contribution in [0.2, 0.25) is 5.02 Å². The molecule has 1 saturated heterocycles. The van der Waals surface area contributed by atoms with Crippen molar-refractivity contribution in [2.45, 2.75) is 44.4 Å². The number of amides is 3. The van der Waals surface area contributed by atoms with Crippen molar-refractivity contribution >= 4 is 29.5 Å². The summed E-state index contributed by atoms with van der Waals surface area (Å²) in [4.78, 5) is 37.9. The van der Waals surface area contributed by atoms with Crippen LogP contribution in [-0.2, 0) is 32.3 Å². The van der Waals surface area contributed by atoms with E-state index in [1.54, 1.807) is 12.1 Å². The van der Waals surface area contributed by atoms with Crippen molar-refractivity contribution in [3.8, 4) is 5.75 Å². The zero-order valence-corrected chi connectivity index (χ0v) is 15.3. The van der Waals surface area contributed by atoms with Crippen LogP contribution in [0.4, 0.5) is 4.79 Å². The van der Waals surface area contributed by atoms with E-state index in [9.17, 15) is 14.4 Å². The van der Waals surface area contributed by atoms with Crippen LogP contribution in [0, 0.1) is 0 Å². The van der Waals surface area contributed by atoms with Crippen molar-refractivity contribution in [2.24, 2.45) is 0 Å². The molecule has 0 unspecified atom stereocenters. The van der Waals surface area contributed by atoms with Gasteiger partial charge in [0, 0.05) is 16.1 Å². The largest absolute Gasteiger partial charge is 0.467 e. The number of imide groups is 1. The summed E-state index contributed by atoms with van der Waals surface area (Å²) in [6.45, 7) is -0.0167. The van der Waals surface area contributed by atoms with E-state index in [0.29, 0.717) is 35.8 Å². The van der Waals surface area contributed by atoms with Gasteiger partial charge in [-0.15, -0.1) is 0 Å². The van der Waals surface area contributed by atoms with Crippen molar-refractivity contribution < 1.29 is 28.6 Å². The second-order valence-corrected chi connectivity index (χ2v) is 7.37. The second kappa shape index (κ2) is 7.01. The van der Waals surface area contributed by atoms with Crippen molar-refractivity contribution in [3.05, 3.63) is 28.3 Å². The minimum absolute atomic E-state index is 0.0729. The summed E-state index contributed by atoms with van der Waals surface area (Å²) in [5, 5.41) is 3.21. The molecular weight excluding hydrogens is 376 g/mol. The molecule has 0 bridgehead atoms. The third kappa shape index (κ3) is 3.35. The monoisotopic (exact) mass is 394 g/mol. The Balaban J connectivity index is 1.40. The van der Waals surface area contributed by atoms with Gasteiger partial charge in [-0.1, -0.05) is 24.4 Å². The molecule has 1 aromatic carbocycles. The number of rotatable bonds is 4. The number of hydrogen-bond donors (Lipinski definition) is 1.